The minimum atomic E-state index is -0.856. The van der Waals surface area contributed by atoms with Gasteiger partial charge in [0.15, 0.2) is 0 Å². The Bertz CT molecular complexity index is 958. The van der Waals surface area contributed by atoms with Crippen LogP contribution in [0.25, 0.3) is 11.1 Å². The quantitative estimate of drug-likeness (QED) is 0.502. The van der Waals surface area contributed by atoms with E-state index in [0.29, 0.717) is 13.0 Å². The van der Waals surface area contributed by atoms with Gasteiger partial charge >= 0.3 is 12.1 Å². The molecule has 1 unspecified atom stereocenters. The molecule has 0 saturated heterocycles. The number of carbonyl (C=O) groups is 3. The Labute approximate surface area is 194 Å². The second-order valence-electron chi connectivity index (χ2n) is 8.97. The molecule has 7 heteroatoms. The van der Waals surface area contributed by atoms with Crippen molar-refractivity contribution in [3.63, 3.8) is 0 Å². The average Bonchev–Trinajstić information content (AvgIpc) is 3.11. The number of rotatable bonds is 10. The molecule has 3 N–H and O–H groups in total. The highest BCUT2D eigenvalue weighted by Crippen LogP contribution is 2.44. The number of hydrogen-bond acceptors (Lipinski definition) is 4. The van der Waals surface area contributed by atoms with Crippen molar-refractivity contribution in [3.8, 4) is 11.1 Å². The summed E-state index contributed by atoms with van der Waals surface area (Å²) in [5.41, 5.74) is 4.55. The average molecular weight is 453 g/mol. The van der Waals surface area contributed by atoms with Crippen molar-refractivity contribution in [1.29, 1.82) is 0 Å². The van der Waals surface area contributed by atoms with Crippen LogP contribution in [-0.2, 0) is 14.3 Å². The van der Waals surface area contributed by atoms with Crippen LogP contribution < -0.4 is 10.6 Å². The molecule has 7 nitrogen and oxygen atoms in total. The smallest absolute Gasteiger partial charge is 0.407 e. The summed E-state index contributed by atoms with van der Waals surface area (Å²) >= 11 is 0. The van der Waals surface area contributed by atoms with Crippen LogP contribution in [0, 0.1) is 11.8 Å². The molecule has 0 radical (unpaired) electrons. The zero-order valence-corrected chi connectivity index (χ0v) is 19.3. The molecule has 0 saturated carbocycles. The number of amides is 2. The summed E-state index contributed by atoms with van der Waals surface area (Å²) in [6.07, 6.45) is -0.102. The lowest BCUT2D eigenvalue weighted by Crippen LogP contribution is -2.50. The first-order valence-electron chi connectivity index (χ1n) is 11.4. The Morgan fingerprint density at radius 1 is 0.970 bits per heavy atom. The number of aliphatic carboxylic acids is 1. The molecule has 33 heavy (non-hydrogen) atoms. The third-order valence-corrected chi connectivity index (χ3v) is 6.04. The van der Waals surface area contributed by atoms with Crippen LogP contribution in [0.1, 0.15) is 50.7 Å². The van der Waals surface area contributed by atoms with E-state index in [-0.39, 0.29) is 36.7 Å². The van der Waals surface area contributed by atoms with Crippen molar-refractivity contribution in [2.75, 3.05) is 13.2 Å². The van der Waals surface area contributed by atoms with Crippen molar-refractivity contribution < 1.29 is 24.2 Å². The van der Waals surface area contributed by atoms with Gasteiger partial charge in [-0.3, -0.25) is 9.59 Å². The topological polar surface area (TPSA) is 105 Å². The summed E-state index contributed by atoms with van der Waals surface area (Å²) in [4.78, 5) is 35.9. The normalized spacial score (nSPS) is 14.2. The van der Waals surface area contributed by atoms with Gasteiger partial charge in [0, 0.05) is 18.9 Å². The van der Waals surface area contributed by atoms with E-state index in [1.807, 2.05) is 45.0 Å². The number of benzene rings is 2. The van der Waals surface area contributed by atoms with Crippen LogP contribution >= 0.6 is 0 Å². The molecule has 1 aliphatic rings. The van der Waals surface area contributed by atoms with Gasteiger partial charge in [-0.05, 0) is 40.5 Å². The maximum absolute atomic E-state index is 12.7. The minimum Gasteiger partial charge on any atom is -0.481 e. The summed E-state index contributed by atoms with van der Waals surface area (Å²) < 4.78 is 5.57. The SMILES string of the molecule is CC(CCC(=O)O)CNC(=O)[C@H](NC(=O)OCC1c2ccccc2-c2ccccc21)C(C)C. The third kappa shape index (κ3) is 6.12. The number of ether oxygens (including phenoxy) is 1. The van der Waals surface area contributed by atoms with Gasteiger partial charge in [-0.2, -0.15) is 0 Å². The fourth-order valence-electron chi connectivity index (χ4n) is 4.16. The number of fused-ring (bicyclic) bond motifs is 3. The predicted molar refractivity (Wildman–Crippen MR) is 126 cm³/mol. The maximum Gasteiger partial charge on any atom is 0.407 e. The molecule has 0 heterocycles. The summed E-state index contributed by atoms with van der Waals surface area (Å²) in [5.74, 6) is -1.33. The Morgan fingerprint density at radius 3 is 2.09 bits per heavy atom. The Balaban J connectivity index is 1.56. The zero-order chi connectivity index (χ0) is 24.0. The van der Waals surface area contributed by atoms with Crippen LogP contribution in [0.2, 0.25) is 0 Å². The fourth-order valence-corrected chi connectivity index (χ4v) is 4.16. The molecule has 176 valence electrons. The Hall–Kier alpha value is -3.35. The molecule has 1 aliphatic carbocycles. The van der Waals surface area contributed by atoms with E-state index >= 15 is 0 Å². The highest BCUT2D eigenvalue weighted by Gasteiger charge is 2.30. The second-order valence-corrected chi connectivity index (χ2v) is 8.97. The fraction of sp³-hybridized carbons (Fsp3) is 0.423. The Morgan fingerprint density at radius 2 is 1.55 bits per heavy atom. The number of alkyl carbamates (subject to hydrolysis) is 1. The van der Waals surface area contributed by atoms with Crippen molar-refractivity contribution in [2.24, 2.45) is 11.8 Å². The van der Waals surface area contributed by atoms with Crippen LogP contribution in [-0.4, -0.2) is 42.3 Å². The van der Waals surface area contributed by atoms with Gasteiger partial charge in [0.2, 0.25) is 5.91 Å². The first-order chi connectivity index (χ1) is 15.8. The molecule has 2 atom stereocenters. The predicted octanol–water partition coefficient (Wildman–Crippen LogP) is 4.17. The van der Waals surface area contributed by atoms with Crippen molar-refractivity contribution in [3.05, 3.63) is 59.7 Å². The van der Waals surface area contributed by atoms with Crippen LogP contribution in [0.4, 0.5) is 4.79 Å². The Kier molecular flexibility index (Phi) is 8.09. The number of carboxylic acid groups (broad SMARTS) is 1. The van der Waals surface area contributed by atoms with Crippen LogP contribution in [0.3, 0.4) is 0 Å². The lowest BCUT2D eigenvalue weighted by atomic mass is 9.98. The summed E-state index contributed by atoms with van der Waals surface area (Å²) in [6.45, 7) is 6.11. The van der Waals surface area contributed by atoms with Gasteiger partial charge in [-0.15, -0.1) is 0 Å². The number of nitrogens with one attached hydrogen (secondary N) is 2. The molecule has 2 aromatic rings. The van der Waals surface area contributed by atoms with Gasteiger partial charge < -0.3 is 20.5 Å². The second kappa shape index (κ2) is 11.0. The summed E-state index contributed by atoms with van der Waals surface area (Å²) in [6, 6.07) is 15.5. The first-order valence-corrected chi connectivity index (χ1v) is 11.4. The third-order valence-electron chi connectivity index (χ3n) is 6.04. The van der Waals surface area contributed by atoms with E-state index in [0.717, 1.165) is 22.3 Å². The highest BCUT2D eigenvalue weighted by molar-refractivity contribution is 5.86. The maximum atomic E-state index is 12.7. The van der Waals surface area contributed by atoms with Gasteiger partial charge in [0.1, 0.15) is 12.6 Å². The van der Waals surface area contributed by atoms with Gasteiger partial charge in [0.25, 0.3) is 0 Å². The largest absolute Gasteiger partial charge is 0.481 e. The van der Waals surface area contributed by atoms with Gasteiger partial charge in [0.05, 0.1) is 0 Å². The van der Waals surface area contributed by atoms with Gasteiger partial charge in [-0.1, -0.05) is 69.3 Å². The molecule has 2 aromatic carbocycles. The molecule has 0 aliphatic heterocycles. The molecular weight excluding hydrogens is 420 g/mol. The monoisotopic (exact) mass is 452 g/mol. The summed E-state index contributed by atoms with van der Waals surface area (Å²) in [5, 5.41) is 14.3. The van der Waals surface area contributed by atoms with E-state index in [4.69, 9.17) is 9.84 Å². The molecular formula is C26H32N2O5. The molecule has 0 spiro atoms. The lowest BCUT2D eigenvalue weighted by Gasteiger charge is -2.23. The number of carbonyl (C=O) groups excluding carboxylic acids is 2. The van der Waals surface area contributed by atoms with E-state index in [1.54, 1.807) is 0 Å². The molecule has 3 rings (SSSR count). The molecule has 0 fully saturated rings. The lowest BCUT2D eigenvalue weighted by molar-refractivity contribution is -0.137. The summed E-state index contributed by atoms with van der Waals surface area (Å²) in [7, 11) is 0. The first kappa shape index (κ1) is 24.3. The molecule has 0 bridgehead atoms. The zero-order valence-electron chi connectivity index (χ0n) is 19.3. The molecule has 2 amide bonds. The molecule has 0 aromatic heterocycles. The van der Waals surface area contributed by atoms with Crippen LogP contribution in [0.15, 0.2) is 48.5 Å². The number of carboxylic acids is 1. The van der Waals surface area contributed by atoms with Crippen LogP contribution in [0.5, 0.6) is 0 Å². The minimum absolute atomic E-state index is 0.0207. The highest BCUT2D eigenvalue weighted by atomic mass is 16.5. The standard InChI is InChI=1S/C26H32N2O5/c1-16(2)24(25(31)27-14-17(3)12-13-23(29)30)28-26(32)33-15-22-20-10-6-4-8-18(20)19-9-5-7-11-21(19)22/h4-11,16-17,22,24H,12-15H2,1-3H3,(H,27,31)(H,28,32)(H,29,30)/t17?,24-/m1/s1. The van der Waals surface area contributed by atoms with Gasteiger partial charge in [-0.25, -0.2) is 4.79 Å². The van der Waals surface area contributed by atoms with E-state index in [9.17, 15) is 14.4 Å². The van der Waals surface area contributed by atoms with Crippen molar-refractivity contribution in [1.82, 2.24) is 10.6 Å². The number of hydrogen-bond donors (Lipinski definition) is 3. The van der Waals surface area contributed by atoms with Crippen molar-refractivity contribution in [2.45, 2.75) is 45.6 Å². The van der Waals surface area contributed by atoms with E-state index < -0.39 is 18.1 Å². The van der Waals surface area contributed by atoms with Crippen molar-refractivity contribution >= 4 is 18.0 Å². The van der Waals surface area contributed by atoms with E-state index in [1.165, 1.54) is 0 Å². The van der Waals surface area contributed by atoms with E-state index in [2.05, 4.69) is 34.9 Å².